The Kier molecular flexibility index (Phi) is 5.24. The third-order valence-electron chi connectivity index (χ3n) is 0.759. The van der Waals surface area contributed by atoms with Crippen LogP contribution in [-0.4, -0.2) is 12.9 Å². The normalized spacial score (nSPS) is 12.9. The van der Waals surface area contributed by atoms with Crippen molar-refractivity contribution in [2.45, 2.75) is 0 Å². The molecule has 4 nitrogen and oxygen atoms in total. The smallest absolute Gasteiger partial charge is 0.126 e. The zero-order valence-electron chi connectivity index (χ0n) is 6.26. The Bertz CT molecular complexity index is 185. The van der Waals surface area contributed by atoms with Crippen LogP contribution < -0.4 is 16.6 Å². The number of nitrogens with two attached hydrogens (primary N) is 1. The molecule has 0 unspecified atom stereocenters. The summed E-state index contributed by atoms with van der Waals surface area (Å²) in [6.07, 6.45) is 2.81. The first-order valence-electron chi connectivity index (χ1n) is 2.95. The van der Waals surface area contributed by atoms with Crippen LogP contribution in [0.5, 0.6) is 0 Å². The summed E-state index contributed by atoms with van der Waals surface area (Å²) in [6.45, 7) is 3.38. The molecule has 0 radical (unpaired) electrons. The molecular weight excluding hydrogens is 164 g/mol. The van der Waals surface area contributed by atoms with E-state index in [1.54, 1.807) is 7.05 Å². The number of nitrogens with one attached hydrogen (secondary N) is 2. The Balaban J connectivity index is 4.06. The highest BCUT2D eigenvalue weighted by Gasteiger charge is 1.88. The molecule has 11 heavy (non-hydrogen) atoms. The van der Waals surface area contributed by atoms with Gasteiger partial charge in [-0.3, -0.25) is 0 Å². The van der Waals surface area contributed by atoms with Gasteiger partial charge in [0.05, 0.1) is 0 Å². The molecule has 5 heteroatoms. The number of nitrogens with zero attached hydrogens (tertiary/aromatic N) is 1. The van der Waals surface area contributed by atoms with E-state index in [0.29, 0.717) is 11.0 Å². The van der Waals surface area contributed by atoms with Crippen LogP contribution in [0.4, 0.5) is 0 Å². The molecule has 0 aliphatic carbocycles. The minimum absolute atomic E-state index is 0.299. The fourth-order valence-corrected chi connectivity index (χ4v) is 0.634. The monoisotopic (exact) mass is 174 g/mol. The lowest BCUT2D eigenvalue weighted by Crippen LogP contribution is -2.25. The van der Waals surface area contributed by atoms with Crippen molar-refractivity contribution in [2.24, 2.45) is 10.7 Å². The van der Waals surface area contributed by atoms with Crippen LogP contribution in [0.25, 0.3) is 0 Å². The average molecular weight is 175 g/mol. The molecule has 0 spiro atoms. The van der Waals surface area contributed by atoms with Gasteiger partial charge in [-0.05, 0) is 0 Å². The summed E-state index contributed by atoms with van der Waals surface area (Å²) in [6, 6.07) is 0. The van der Waals surface area contributed by atoms with Crippen LogP contribution >= 0.6 is 11.6 Å². The second-order valence-corrected chi connectivity index (χ2v) is 2.01. The van der Waals surface area contributed by atoms with Gasteiger partial charge in [0, 0.05) is 19.3 Å². The molecule has 0 fully saturated rings. The van der Waals surface area contributed by atoms with Crippen LogP contribution in [0.1, 0.15) is 0 Å². The third-order valence-corrected chi connectivity index (χ3v) is 0.963. The quantitative estimate of drug-likeness (QED) is 0.249. The zero-order chi connectivity index (χ0) is 8.69. The van der Waals surface area contributed by atoms with Crippen LogP contribution in [-0.2, 0) is 0 Å². The van der Waals surface area contributed by atoms with Gasteiger partial charge < -0.3 is 11.2 Å². The molecule has 62 valence electrons. The molecule has 0 rings (SSSR count). The summed E-state index contributed by atoms with van der Waals surface area (Å²) in [7, 11) is 1.69. The minimum atomic E-state index is 0.299. The highest BCUT2D eigenvalue weighted by atomic mass is 35.5. The maximum atomic E-state index is 5.60. The van der Waals surface area contributed by atoms with E-state index in [-0.39, 0.29) is 0 Å². The summed E-state index contributed by atoms with van der Waals surface area (Å²) in [5, 5.41) is 0.371. The summed E-state index contributed by atoms with van der Waals surface area (Å²) >= 11 is 5.60. The Morgan fingerprint density at radius 2 is 2.36 bits per heavy atom. The van der Waals surface area contributed by atoms with Gasteiger partial charge in [-0.1, -0.05) is 18.2 Å². The predicted octanol–water partition coefficient (Wildman–Crippen LogP) is 0.291. The van der Waals surface area contributed by atoms with E-state index >= 15 is 0 Å². The van der Waals surface area contributed by atoms with E-state index in [1.807, 2.05) is 0 Å². The number of aliphatic imine (C=N–C) groups is 1. The van der Waals surface area contributed by atoms with Gasteiger partial charge in [-0.2, -0.15) is 0 Å². The molecule has 4 N–H and O–H groups in total. The van der Waals surface area contributed by atoms with Gasteiger partial charge in [0.2, 0.25) is 0 Å². The maximum Gasteiger partial charge on any atom is 0.126 e. The molecule has 0 saturated heterocycles. The molecule has 0 amide bonds. The van der Waals surface area contributed by atoms with E-state index in [0.717, 1.165) is 0 Å². The van der Waals surface area contributed by atoms with Crippen molar-refractivity contribution >= 4 is 17.4 Å². The van der Waals surface area contributed by atoms with Gasteiger partial charge in [0.1, 0.15) is 11.0 Å². The topological polar surface area (TPSA) is 62.4 Å². The second-order valence-electron chi connectivity index (χ2n) is 1.60. The minimum Gasteiger partial charge on any atom is -0.384 e. The Labute approximate surface area is 70.8 Å². The summed E-state index contributed by atoms with van der Waals surface area (Å²) in [4.78, 5) is 3.68. The van der Waals surface area contributed by atoms with Crippen molar-refractivity contribution < 1.29 is 0 Å². The molecule has 0 aromatic carbocycles. The van der Waals surface area contributed by atoms with E-state index in [1.165, 1.54) is 12.3 Å². The Morgan fingerprint density at radius 3 is 2.82 bits per heavy atom. The third kappa shape index (κ3) is 5.44. The fraction of sp³-hybridized carbons (Fsp3) is 0.167. The molecule has 0 aliphatic rings. The number of amidine groups is 1. The van der Waals surface area contributed by atoms with E-state index < -0.39 is 0 Å². The van der Waals surface area contributed by atoms with Gasteiger partial charge >= 0.3 is 0 Å². The van der Waals surface area contributed by atoms with Crippen molar-refractivity contribution in [3.63, 3.8) is 0 Å². The van der Waals surface area contributed by atoms with Crippen LogP contribution in [0.2, 0.25) is 0 Å². The molecule has 0 aliphatic heterocycles. The first kappa shape index (κ1) is 10.0. The van der Waals surface area contributed by atoms with Gasteiger partial charge in [0.25, 0.3) is 0 Å². The van der Waals surface area contributed by atoms with Crippen molar-refractivity contribution in [1.29, 1.82) is 0 Å². The van der Waals surface area contributed by atoms with Crippen LogP contribution in [0, 0.1) is 0 Å². The molecule has 0 aromatic rings. The summed E-state index contributed by atoms with van der Waals surface area (Å²) in [5.41, 5.74) is 10.6. The fourth-order valence-electron chi connectivity index (χ4n) is 0.428. The molecular formula is C6H11ClN4. The standard InChI is InChI=1S/C6H11ClN4/c1-3-10-6(8)4-5(7)11-9-2/h3-4,9,11H,1H2,2H3,(H2,8,10)/b5-4-. The number of hydrogen-bond donors (Lipinski definition) is 3. The van der Waals surface area contributed by atoms with Crippen molar-refractivity contribution in [3.05, 3.63) is 24.0 Å². The second kappa shape index (κ2) is 5.76. The van der Waals surface area contributed by atoms with E-state index in [9.17, 15) is 0 Å². The van der Waals surface area contributed by atoms with Crippen molar-refractivity contribution in [2.75, 3.05) is 7.05 Å². The van der Waals surface area contributed by atoms with Crippen molar-refractivity contribution in [3.8, 4) is 0 Å². The first-order valence-corrected chi connectivity index (χ1v) is 3.32. The lowest BCUT2D eigenvalue weighted by molar-refractivity contribution is 0.719. The summed E-state index contributed by atoms with van der Waals surface area (Å²) < 4.78 is 0. The molecule has 0 atom stereocenters. The van der Waals surface area contributed by atoms with Gasteiger partial charge in [-0.15, -0.1) is 0 Å². The van der Waals surface area contributed by atoms with E-state index in [2.05, 4.69) is 22.4 Å². The lowest BCUT2D eigenvalue weighted by atomic mass is 10.5. The molecule has 0 heterocycles. The molecule has 0 bridgehead atoms. The number of halogens is 1. The van der Waals surface area contributed by atoms with Gasteiger partial charge in [0.15, 0.2) is 0 Å². The Morgan fingerprint density at radius 1 is 1.73 bits per heavy atom. The highest BCUT2D eigenvalue weighted by Crippen LogP contribution is 1.92. The largest absolute Gasteiger partial charge is 0.384 e. The number of rotatable bonds is 4. The zero-order valence-corrected chi connectivity index (χ0v) is 7.02. The lowest BCUT2D eigenvalue weighted by Gasteiger charge is -1.99. The van der Waals surface area contributed by atoms with Crippen molar-refractivity contribution in [1.82, 2.24) is 10.9 Å². The first-order chi connectivity index (χ1) is 5.20. The van der Waals surface area contributed by atoms with E-state index in [4.69, 9.17) is 17.3 Å². The SMILES string of the molecule is C=CN=C(N)/C=C(/Cl)NNC. The maximum absolute atomic E-state index is 5.60. The molecule has 0 saturated carbocycles. The predicted molar refractivity (Wildman–Crippen MR) is 48.0 cm³/mol. The highest BCUT2D eigenvalue weighted by molar-refractivity contribution is 6.30. The van der Waals surface area contributed by atoms with Crippen LogP contribution in [0.15, 0.2) is 29.0 Å². The van der Waals surface area contributed by atoms with Crippen LogP contribution in [0.3, 0.4) is 0 Å². The summed E-state index contributed by atoms with van der Waals surface area (Å²) in [5.74, 6) is 0.299. The number of hydrogen-bond acceptors (Lipinski definition) is 3. The average Bonchev–Trinajstić information content (AvgIpc) is 1.87. The number of hydrazine groups is 1. The van der Waals surface area contributed by atoms with Gasteiger partial charge in [-0.25, -0.2) is 10.4 Å². The molecule has 0 aromatic heterocycles. The Hall–Kier alpha value is -1.00.